The number of anilines is 1. The molecule has 10 heteroatoms. The summed E-state index contributed by atoms with van der Waals surface area (Å²) in [6.45, 7) is 2.46. The maximum Gasteiger partial charge on any atom is 0.234 e. The van der Waals surface area contributed by atoms with Gasteiger partial charge in [0.25, 0.3) is 0 Å². The van der Waals surface area contributed by atoms with Gasteiger partial charge in [-0.25, -0.2) is 8.78 Å². The molecule has 4 aromatic rings. The predicted octanol–water partition coefficient (Wildman–Crippen LogP) is 6.00. The normalized spacial score (nSPS) is 10.8. The van der Waals surface area contributed by atoms with Gasteiger partial charge in [0, 0.05) is 28.0 Å². The molecule has 0 aliphatic heterocycles. The molecule has 1 N–H and O–H groups in total. The van der Waals surface area contributed by atoms with Crippen LogP contribution < -0.4 is 10.1 Å². The fraction of sp³-hybridized carbons (Fsp3) is 0.125. The quantitative estimate of drug-likeness (QED) is 0.301. The summed E-state index contributed by atoms with van der Waals surface area (Å²) in [6, 6.07) is 17.8. The number of thioether (sulfide) groups is 1. The Morgan fingerprint density at radius 2 is 1.76 bits per heavy atom. The molecule has 34 heavy (non-hydrogen) atoms. The summed E-state index contributed by atoms with van der Waals surface area (Å²) in [5.41, 5.74) is 1.74. The van der Waals surface area contributed by atoms with E-state index in [9.17, 15) is 13.6 Å². The van der Waals surface area contributed by atoms with Gasteiger partial charge in [0.15, 0.2) is 22.6 Å². The van der Waals surface area contributed by atoms with E-state index in [4.69, 9.17) is 16.3 Å². The van der Waals surface area contributed by atoms with Gasteiger partial charge in [-0.15, -0.1) is 10.2 Å². The molecule has 0 aliphatic rings. The van der Waals surface area contributed by atoms with Crippen LogP contribution in [0.1, 0.15) is 6.92 Å². The molecule has 0 saturated carbocycles. The zero-order valence-corrected chi connectivity index (χ0v) is 19.5. The number of amides is 1. The van der Waals surface area contributed by atoms with Gasteiger partial charge in [-0.2, -0.15) is 0 Å². The topological polar surface area (TPSA) is 69.0 Å². The zero-order valence-electron chi connectivity index (χ0n) is 18.0. The van der Waals surface area contributed by atoms with E-state index in [1.807, 2.05) is 47.9 Å². The number of halogens is 3. The van der Waals surface area contributed by atoms with Crippen LogP contribution in [0.4, 0.5) is 14.5 Å². The van der Waals surface area contributed by atoms with E-state index >= 15 is 0 Å². The summed E-state index contributed by atoms with van der Waals surface area (Å²) in [5.74, 6) is -1.13. The zero-order chi connectivity index (χ0) is 24.1. The Morgan fingerprint density at radius 3 is 2.44 bits per heavy atom. The van der Waals surface area contributed by atoms with Gasteiger partial charge >= 0.3 is 0 Å². The highest BCUT2D eigenvalue weighted by Gasteiger charge is 2.18. The van der Waals surface area contributed by atoms with Crippen LogP contribution in [0, 0.1) is 11.6 Å². The molecule has 1 amide bonds. The van der Waals surface area contributed by atoms with Gasteiger partial charge in [-0.05, 0) is 67.6 Å². The third-order valence-electron chi connectivity index (χ3n) is 4.68. The fourth-order valence-corrected chi connectivity index (χ4v) is 4.02. The Kier molecular flexibility index (Phi) is 7.44. The summed E-state index contributed by atoms with van der Waals surface area (Å²) in [7, 11) is 0. The van der Waals surface area contributed by atoms with E-state index in [-0.39, 0.29) is 11.4 Å². The van der Waals surface area contributed by atoms with E-state index < -0.39 is 17.5 Å². The molecule has 0 aliphatic carbocycles. The lowest BCUT2D eigenvalue weighted by molar-refractivity contribution is -0.113. The van der Waals surface area contributed by atoms with Crippen molar-refractivity contribution in [3.05, 3.63) is 83.4 Å². The largest absolute Gasteiger partial charge is 0.494 e. The molecule has 3 aromatic carbocycles. The van der Waals surface area contributed by atoms with Crippen LogP contribution in [-0.2, 0) is 4.79 Å². The lowest BCUT2D eigenvalue weighted by Crippen LogP contribution is -2.15. The Labute approximate surface area is 203 Å². The van der Waals surface area contributed by atoms with Crippen molar-refractivity contribution in [1.82, 2.24) is 14.8 Å². The van der Waals surface area contributed by atoms with Crippen LogP contribution in [-0.4, -0.2) is 33.0 Å². The molecule has 0 atom stereocenters. The molecule has 4 rings (SSSR count). The number of rotatable bonds is 8. The third kappa shape index (κ3) is 5.55. The minimum absolute atomic E-state index is 0.0191. The number of hydrogen-bond donors (Lipinski definition) is 1. The number of aromatic nitrogens is 3. The summed E-state index contributed by atoms with van der Waals surface area (Å²) < 4.78 is 33.9. The predicted molar refractivity (Wildman–Crippen MR) is 129 cm³/mol. The molecule has 1 heterocycles. The van der Waals surface area contributed by atoms with E-state index in [0.717, 1.165) is 40.9 Å². The van der Waals surface area contributed by atoms with E-state index in [2.05, 4.69) is 15.5 Å². The number of nitrogens with one attached hydrogen (secondary N) is 1. The molecule has 6 nitrogen and oxygen atoms in total. The SMILES string of the molecule is CCOc1ccc(-n2c(SCC(=O)Nc3ccc(F)c(F)c3)nnc2-c2ccc(Cl)cc2)cc1. The molecule has 0 unspecified atom stereocenters. The van der Waals surface area contributed by atoms with Gasteiger partial charge in [0.2, 0.25) is 5.91 Å². The van der Waals surface area contributed by atoms with Crippen molar-refractivity contribution in [1.29, 1.82) is 0 Å². The summed E-state index contributed by atoms with van der Waals surface area (Å²) in [4.78, 5) is 12.4. The van der Waals surface area contributed by atoms with E-state index in [1.54, 1.807) is 12.1 Å². The van der Waals surface area contributed by atoms with Crippen LogP contribution in [0.2, 0.25) is 5.02 Å². The maximum atomic E-state index is 13.4. The van der Waals surface area contributed by atoms with Crippen molar-refractivity contribution >= 4 is 35.0 Å². The first-order valence-electron chi connectivity index (χ1n) is 10.3. The van der Waals surface area contributed by atoms with Crippen LogP contribution in [0.25, 0.3) is 17.1 Å². The Balaban J connectivity index is 1.59. The van der Waals surface area contributed by atoms with Gasteiger partial charge < -0.3 is 10.1 Å². The van der Waals surface area contributed by atoms with Crippen LogP contribution in [0.5, 0.6) is 5.75 Å². The second-order valence-corrected chi connectivity index (χ2v) is 8.42. The molecule has 0 bridgehead atoms. The van der Waals surface area contributed by atoms with Gasteiger partial charge in [0.05, 0.1) is 12.4 Å². The highest BCUT2D eigenvalue weighted by atomic mass is 35.5. The second-order valence-electron chi connectivity index (χ2n) is 7.04. The smallest absolute Gasteiger partial charge is 0.234 e. The highest BCUT2D eigenvalue weighted by Crippen LogP contribution is 2.29. The van der Waals surface area contributed by atoms with Crippen molar-refractivity contribution in [2.45, 2.75) is 12.1 Å². The number of ether oxygens (including phenoxy) is 1. The second kappa shape index (κ2) is 10.7. The fourth-order valence-electron chi connectivity index (χ4n) is 3.14. The molecule has 174 valence electrons. The Hall–Kier alpha value is -3.43. The summed E-state index contributed by atoms with van der Waals surface area (Å²) in [6.07, 6.45) is 0. The molecular formula is C24H19ClF2N4O2S. The lowest BCUT2D eigenvalue weighted by atomic mass is 10.2. The Bertz CT molecular complexity index is 1300. The molecule has 1 aromatic heterocycles. The lowest BCUT2D eigenvalue weighted by Gasteiger charge is -2.12. The number of hydrogen-bond acceptors (Lipinski definition) is 5. The van der Waals surface area contributed by atoms with E-state index in [0.29, 0.717) is 22.6 Å². The third-order valence-corrected chi connectivity index (χ3v) is 5.86. The minimum Gasteiger partial charge on any atom is -0.494 e. The maximum absolute atomic E-state index is 13.4. The number of carbonyl (C=O) groups excluding carboxylic acids is 1. The molecule has 0 spiro atoms. The van der Waals surface area contributed by atoms with Crippen LogP contribution in [0.3, 0.4) is 0 Å². The molecule has 0 radical (unpaired) electrons. The monoisotopic (exact) mass is 500 g/mol. The van der Waals surface area contributed by atoms with Crippen LogP contribution >= 0.6 is 23.4 Å². The van der Waals surface area contributed by atoms with Crippen molar-refractivity contribution in [3.8, 4) is 22.8 Å². The first kappa shape index (κ1) is 23.7. The Morgan fingerprint density at radius 1 is 1.03 bits per heavy atom. The number of nitrogens with zero attached hydrogens (tertiary/aromatic N) is 3. The van der Waals surface area contributed by atoms with Gasteiger partial charge in [0.1, 0.15) is 5.75 Å². The number of benzene rings is 3. The first-order chi connectivity index (χ1) is 16.4. The summed E-state index contributed by atoms with van der Waals surface area (Å²) >= 11 is 7.19. The average Bonchev–Trinajstić information content (AvgIpc) is 3.25. The van der Waals surface area contributed by atoms with Gasteiger partial charge in [-0.3, -0.25) is 9.36 Å². The number of carbonyl (C=O) groups is 1. The van der Waals surface area contributed by atoms with Crippen molar-refractivity contribution in [2.75, 3.05) is 17.7 Å². The minimum atomic E-state index is -1.03. The highest BCUT2D eigenvalue weighted by molar-refractivity contribution is 7.99. The van der Waals surface area contributed by atoms with E-state index in [1.165, 1.54) is 6.07 Å². The van der Waals surface area contributed by atoms with Crippen molar-refractivity contribution in [3.63, 3.8) is 0 Å². The van der Waals surface area contributed by atoms with Gasteiger partial charge in [-0.1, -0.05) is 23.4 Å². The van der Waals surface area contributed by atoms with Crippen LogP contribution in [0.15, 0.2) is 71.9 Å². The van der Waals surface area contributed by atoms with Crippen molar-refractivity contribution in [2.24, 2.45) is 0 Å². The molecule has 0 saturated heterocycles. The summed E-state index contributed by atoms with van der Waals surface area (Å²) in [5, 5.41) is 12.2. The molecule has 0 fully saturated rings. The van der Waals surface area contributed by atoms with Crippen molar-refractivity contribution < 1.29 is 18.3 Å². The standard InChI is InChI=1S/C24H19ClF2N4O2S/c1-2-33-19-10-8-18(9-11-19)31-23(15-3-5-16(25)6-4-15)29-30-24(31)34-14-22(32)28-17-7-12-20(26)21(27)13-17/h3-13H,2,14H2,1H3,(H,28,32). The first-order valence-corrected chi connectivity index (χ1v) is 11.6. The average molecular weight is 501 g/mol. The molecular weight excluding hydrogens is 482 g/mol.